The van der Waals surface area contributed by atoms with Crippen LogP contribution in [-0.2, 0) is 13.1 Å². The van der Waals surface area contributed by atoms with Crippen molar-refractivity contribution in [2.75, 3.05) is 0 Å². The predicted molar refractivity (Wildman–Crippen MR) is 113 cm³/mol. The Morgan fingerprint density at radius 2 is 0.929 bits per heavy atom. The van der Waals surface area contributed by atoms with Gasteiger partial charge in [0.25, 0.3) is 0 Å². The largest absolute Gasteiger partial charge is 0.201 e. The topological polar surface area (TPSA) is 7.76 Å². The monoisotopic (exact) mass is 366 g/mol. The van der Waals surface area contributed by atoms with Crippen molar-refractivity contribution in [2.24, 2.45) is 0 Å². The number of aromatic nitrogens is 2. The average Bonchev–Trinajstić information content (AvgIpc) is 2.72. The third kappa shape index (κ3) is 4.52. The number of nitrogens with zero attached hydrogens (tertiary/aromatic N) is 2. The molecule has 138 valence electrons. The average molecular weight is 367 g/mol. The Balaban J connectivity index is 1.55. The molecule has 2 aromatic carbocycles. The van der Waals surface area contributed by atoms with Crippen LogP contribution in [0.3, 0.4) is 0 Å². The Kier molecular flexibility index (Phi) is 5.29. The highest BCUT2D eigenvalue weighted by Crippen LogP contribution is 2.21. The molecule has 0 aliphatic carbocycles. The summed E-state index contributed by atoms with van der Waals surface area (Å²) in [6.45, 7) is 6.00. The molecule has 28 heavy (non-hydrogen) atoms. The minimum Gasteiger partial charge on any atom is -0.201 e. The smallest absolute Gasteiger partial charge is 0.173 e. The van der Waals surface area contributed by atoms with Gasteiger partial charge in [-0.1, -0.05) is 36.4 Å². The highest BCUT2D eigenvalue weighted by atomic mass is 14.9. The Morgan fingerprint density at radius 3 is 1.32 bits per heavy atom. The van der Waals surface area contributed by atoms with Crippen LogP contribution in [0.1, 0.15) is 22.3 Å². The maximum Gasteiger partial charge on any atom is 0.173 e. The van der Waals surface area contributed by atoms with E-state index in [1.54, 1.807) is 0 Å². The molecule has 2 heteroatoms. The molecule has 2 aromatic heterocycles. The minimum absolute atomic E-state index is 0.882. The number of pyridine rings is 2. The van der Waals surface area contributed by atoms with E-state index in [9.17, 15) is 0 Å². The van der Waals surface area contributed by atoms with Crippen LogP contribution in [-0.4, -0.2) is 0 Å². The molecular formula is C26H26N2+2. The molecule has 0 atom stereocenters. The van der Waals surface area contributed by atoms with E-state index in [0.717, 1.165) is 13.1 Å². The molecule has 0 fully saturated rings. The first-order valence-electron chi connectivity index (χ1n) is 9.75. The molecule has 0 unspecified atom stereocenters. The molecule has 0 aliphatic heterocycles. The molecule has 2 nitrogen and oxygen atoms in total. The normalized spacial score (nSPS) is 10.8. The lowest BCUT2D eigenvalue weighted by atomic mass is 10.0. The second-order valence-electron chi connectivity index (χ2n) is 7.50. The summed E-state index contributed by atoms with van der Waals surface area (Å²) in [5.74, 6) is 0. The summed E-state index contributed by atoms with van der Waals surface area (Å²) in [5.41, 5.74) is 7.72. The molecule has 0 N–H and O–H groups in total. The fourth-order valence-electron chi connectivity index (χ4n) is 3.39. The van der Waals surface area contributed by atoms with Gasteiger partial charge in [-0.25, -0.2) is 9.13 Å². The van der Waals surface area contributed by atoms with Gasteiger partial charge >= 0.3 is 0 Å². The molecule has 0 spiro atoms. The molecule has 0 amide bonds. The van der Waals surface area contributed by atoms with E-state index in [1.807, 2.05) is 0 Å². The summed E-state index contributed by atoms with van der Waals surface area (Å²) in [7, 11) is 0. The van der Waals surface area contributed by atoms with Crippen molar-refractivity contribution in [3.05, 3.63) is 120 Å². The van der Waals surface area contributed by atoms with Gasteiger partial charge in [-0.05, 0) is 48.2 Å². The molecule has 0 saturated carbocycles. The zero-order chi connectivity index (χ0) is 19.3. The van der Waals surface area contributed by atoms with E-state index in [0.29, 0.717) is 0 Å². The van der Waals surface area contributed by atoms with Gasteiger partial charge in [0.05, 0.1) is 0 Å². The van der Waals surface area contributed by atoms with E-state index >= 15 is 0 Å². The van der Waals surface area contributed by atoms with Gasteiger partial charge in [-0.3, -0.25) is 0 Å². The highest BCUT2D eigenvalue weighted by molar-refractivity contribution is 5.64. The van der Waals surface area contributed by atoms with Gasteiger partial charge < -0.3 is 0 Å². The van der Waals surface area contributed by atoms with Crippen molar-refractivity contribution in [1.82, 2.24) is 0 Å². The zero-order valence-corrected chi connectivity index (χ0v) is 16.5. The number of benzene rings is 2. The number of aryl methyl sites for hydroxylation is 2. The van der Waals surface area contributed by atoms with Crippen LogP contribution in [0.2, 0.25) is 0 Å². The summed E-state index contributed by atoms with van der Waals surface area (Å²) in [5, 5.41) is 0. The number of hydrogen-bond acceptors (Lipinski definition) is 0. The summed E-state index contributed by atoms with van der Waals surface area (Å²) in [6, 6.07) is 26.3. The second-order valence-corrected chi connectivity index (χ2v) is 7.50. The van der Waals surface area contributed by atoms with Crippen LogP contribution in [0.5, 0.6) is 0 Å². The lowest BCUT2D eigenvalue weighted by Crippen LogP contribution is -2.33. The van der Waals surface area contributed by atoms with Crippen LogP contribution in [0.4, 0.5) is 0 Å². The molecule has 4 aromatic rings. The predicted octanol–water partition coefficient (Wildman–Crippen LogP) is 4.64. The third-order valence-corrected chi connectivity index (χ3v) is 5.03. The summed E-state index contributed by atoms with van der Waals surface area (Å²) in [4.78, 5) is 0. The van der Waals surface area contributed by atoms with Crippen molar-refractivity contribution in [3.63, 3.8) is 0 Å². The second kappa shape index (κ2) is 8.18. The van der Waals surface area contributed by atoms with Crippen molar-refractivity contribution in [3.8, 4) is 11.1 Å². The molecular weight excluding hydrogens is 340 g/mol. The van der Waals surface area contributed by atoms with E-state index in [-0.39, 0.29) is 0 Å². The highest BCUT2D eigenvalue weighted by Gasteiger charge is 2.07. The van der Waals surface area contributed by atoms with Crippen LogP contribution >= 0.6 is 0 Å². The Labute approximate surface area is 167 Å². The lowest BCUT2D eigenvalue weighted by Gasteiger charge is -2.06. The lowest BCUT2D eigenvalue weighted by molar-refractivity contribution is -0.688. The standard InChI is InChI=1S/C26H26N2/c1-21-9-13-27(14-10-21)19-23-5-3-7-25(17-23)26-8-4-6-24(18-26)20-28-15-11-22(2)12-16-28/h3-18H,19-20H2,1-2H3/q+2. The quantitative estimate of drug-likeness (QED) is 0.455. The molecule has 4 rings (SSSR count). The molecule has 0 saturated heterocycles. The SMILES string of the molecule is Cc1cc[n+](Cc2cccc(-c3cccc(C[n+]4ccc(C)cc4)c3)c2)cc1. The van der Waals surface area contributed by atoms with Crippen LogP contribution in [0, 0.1) is 13.8 Å². The maximum atomic E-state index is 2.30. The summed E-state index contributed by atoms with van der Waals surface area (Å²) in [6.07, 6.45) is 8.56. The summed E-state index contributed by atoms with van der Waals surface area (Å²) >= 11 is 0. The van der Waals surface area contributed by atoms with Crippen molar-refractivity contribution in [1.29, 1.82) is 0 Å². The first-order valence-corrected chi connectivity index (χ1v) is 9.75. The van der Waals surface area contributed by atoms with Gasteiger partial charge in [0.15, 0.2) is 37.9 Å². The molecule has 0 bridgehead atoms. The first kappa shape index (κ1) is 18.1. The van der Waals surface area contributed by atoms with Gasteiger partial charge in [0.2, 0.25) is 0 Å². The molecule has 2 heterocycles. The molecule has 0 radical (unpaired) electrons. The molecule has 0 aliphatic rings. The Hall–Kier alpha value is -3.26. The van der Waals surface area contributed by atoms with E-state index < -0.39 is 0 Å². The van der Waals surface area contributed by atoms with E-state index in [2.05, 4.69) is 121 Å². The summed E-state index contributed by atoms with van der Waals surface area (Å²) < 4.78 is 4.44. The Bertz CT molecular complexity index is 975. The first-order chi connectivity index (χ1) is 13.7. The number of rotatable bonds is 5. The zero-order valence-electron chi connectivity index (χ0n) is 16.5. The van der Waals surface area contributed by atoms with Gasteiger partial charge in [-0.2, -0.15) is 0 Å². The fraction of sp³-hybridized carbons (Fsp3) is 0.154. The van der Waals surface area contributed by atoms with Crippen molar-refractivity contribution in [2.45, 2.75) is 26.9 Å². The van der Waals surface area contributed by atoms with Crippen LogP contribution in [0.15, 0.2) is 97.6 Å². The van der Waals surface area contributed by atoms with Crippen LogP contribution in [0.25, 0.3) is 11.1 Å². The van der Waals surface area contributed by atoms with Crippen molar-refractivity contribution >= 4 is 0 Å². The van der Waals surface area contributed by atoms with Gasteiger partial charge in [0, 0.05) is 35.4 Å². The number of hydrogen-bond donors (Lipinski definition) is 0. The minimum atomic E-state index is 0.882. The van der Waals surface area contributed by atoms with Gasteiger partial charge in [-0.15, -0.1) is 0 Å². The van der Waals surface area contributed by atoms with Crippen molar-refractivity contribution < 1.29 is 9.13 Å². The van der Waals surface area contributed by atoms with Crippen LogP contribution < -0.4 is 9.13 Å². The van der Waals surface area contributed by atoms with Gasteiger partial charge in [0.1, 0.15) is 0 Å². The van der Waals surface area contributed by atoms with E-state index in [4.69, 9.17) is 0 Å². The van der Waals surface area contributed by atoms with E-state index in [1.165, 1.54) is 33.4 Å². The third-order valence-electron chi connectivity index (χ3n) is 5.03. The fourth-order valence-corrected chi connectivity index (χ4v) is 3.39. The maximum absolute atomic E-state index is 2.30. The Morgan fingerprint density at radius 1 is 0.536 bits per heavy atom.